The van der Waals surface area contributed by atoms with Crippen molar-refractivity contribution >= 4 is 11.9 Å². The molecule has 162 valence electrons. The number of anilines is 1. The maximum absolute atomic E-state index is 14.5. The fourth-order valence-corrected chi connectivity index (χ4v) is 2.69. The van der Waals surface area contributed by atoms with Crippen LogP contribution < -0.4 is 5.32 Å². The normalized spacial score (nSPS) is 12.3. The van der Waals surface area contributed by atoms with Gasteiger partial charge in [-0.05, 0) is 25.1 Å². The lowest BCUT2D eigenvalue weighted by Gasteiger charge is -2.26. The molecule has 31 heavy (non-hydrogen) atoms. The summed E-state index contributed by atoms with van der Waals surface area (Å²) in [7, 11) is 1.53. The quantitative estimate of drug-likeness (QED) is 0.596. The average molecular weight is 434 g/mol. The number of benzene rings is 1. The first-order valence-electron chi connectivity index (χ1n) is 9.14. The standard InChI is InChI=1S/C20H18F4N6O/c1-12(9-27-19-28-10-13(11-29-19)20(22,23)24)30(2)18(31)14-5-3-6-15(21)16(14)17-25-7-4-8-26-17/h3-8,10-12H,9H2,1-2H3,(H,27,28,29)/t12-/m0/s1. The van der Waals surface area contributed by atoms with Crippen LogP contribution in [-0.4, -0.2) is 50.4 Å². The first-order chi connectivity index (χ1) is 14.7. The predicted octanol–water partition coefficient (Wildman–Crippen LogP) is 3.66. The Hall–Kier alpha value is -3.63. The van der Waals surface area contributed by atoms with Gasteiger partial charge in [-0.3, -0.25) is 4.79 Å². The Morgan fingerprint density at radius 3 is 2.35 bits per heavy atom. The molecular formula is C20H18F4N6O. The Bertz CT molecular complexity index is 1040. The number of carbonyl (C=O) groups is 1. The van der Waals surface area contributed by atoms with Gasteiger partial charge in [0.2, 0.25) is 5.95 Å². The van der Waals surface area contributed by atoms with Gasteiger partial charge in [0.25, 0.3) is 5.91 Å². The Balaban J connectivity index is 1.72. The molecular weight excluding hydrogens is 416 g/mol. The van der Waals surface area contributed by atoms with Gasteiger partial charge in [0.05, 0.1) is 16.7 Å². The minimum Gasteiger partial charge on any atom is -0.352 e. The predicted molar refractivity (Wildman–Crippen MR) is 105 cm³/mol. The van der Waals surface area contributed by atoms with Crippen molar-refractivity contribution in [2.75, 3.05) is 18.9 Å². The third kappa shape index (κ3) is 5.11. The number of carbonyl (C=O) groups excluding carboxylic acids is 1. The number of amides is 1. The lowest BCUT2D eigenvalue weighted by Crippen LogP contribution is -2.39. The van der Waals surface area contributed by atoms with Gasteiger partial charge in [-0.1, -0.05) is 6.07 Å². The van der Waals surface area contributed by atoms with E-state index in [0.29, 0.717) is 12.4 Å². The van der Waals surface area contributed by atoms with Gasteiger partial charge in [0.15, 0.2) is 5.82 Å². The summed E-state index contributed by atoms with van der Waals surface area (Å²) in [6, 6.07) is 5.27. The molecule has 2 heterocycles. The van der Waals surface area contributed by atoms with Gasteiger partial charge in [-0.2, -0.15) is 13.2 Å². The van der Waals surface area contributed by atoms with Crippen molar-refractivity contribution in [2.24, 2.45) is 0 Å². The summed E-state index contributed by atoms with van der Waals surface area (Å²) < 4.78 is 52.3. The topological polar surface area (TPSA) is 83.9 Å². The molecule has 0 saturated heterocycles. The average Bonchev–Trinajstić information content (AvgIpc) is 2.76. The van der Waals surface area contributed by atoms with E-state index in [9.17, 15) is 22.4 Å². The van der Waals surface area contributed by atoms with Gasteiger partial charge in [0.1, 0.15) is 5.82 Å². The molecule has 1 N–H and O–H groups in total. The van der Waals surface area contributed by atoms with Gasteiger partial charge < -0.3 is 10.2 Å². The summed E-state index contributed by atoms with van der Waals surface area (Å²) in [4.78, 5) is 29.7. The number of hydrogen-bond acceptors (Lipinski definition) is 6. The van der Waals surface area contributed by atoms with Crippen LogP contribution in [0.1, 0.15) is 22.8 Å². The van der Waals surface area contributed by atoms with Crippen LogP contribution in [0.15, 0.2) is 49.1 Å². The number of aromatic nitrogens is 4. The zero-order valence-electron chi connectivity index (χ0n) is 16.6. The number of halogens is 4. The molecule has 0 saturated carbocycles. The highest BCUT2D eigenvalue weighted by Gasteiger charge is 2.31. The second-order valence-corrected chi connectivity index (χ2v) is 6.67. The molecule has 0 bridgehead atoms. The van der Waals surface area contributed by atoms with Crippen molar-refractivity contribution in [1.82, 2.24) is 24.8 Å². The highest BCUT2D eigenvalue weighted by Crippen LogP contribution is 2.28. The van der Waals surface area contributed by atoms with E-state index in [1.807, 2.05) is 0 Å². The Morgan fingerprint density at radius 2 is 1.74 bits per heavy atom. The lowest BCUT2D eigenvalue weighted by atomic mass is 10.0. The van der Waals surface area contributed by atoms with Gasteiger partial charge >= 0.3 is 6.18 Å². The summed E-state index contributed by atoms with van der Waals surface area (Å²) in [6.45, 7) is 1.87. The first-order valence-corrected chi connectivity index (χ1v) is 9.14. The van der Waals surface area contributed by atoms with E-state index in [1.165, 1.54) is 42.5 Å². The number of nitrogens with zero attached hydrogens (tertiary/aromatic N) is 5. The van der Waals surface area contributed by atoms with Crippen LogP contribution in [0.25, 0.3) is 11.4 Å². The van der Waals surface area contributed by atoms with Crippen molar-refractivity contribution in [3.05, 3.63) is 66.0 Å². The van der Waals surface area contributed by atoms with E-state index in [1.54, 1.807) is 13.0 Å². The zero-order chi connectivity index (χ0) is 22.6. The van der Waals surface area contributed by atoms with E-state index in [-0.39, 0.29) is 29.4 Å². The van der Waals surface area contributed by atoms with Gasteiger partial charge in [0, 0.05) is 44.4 Å². The van der Waals surface area contributed by atoms with Crippen LogP contribution in [0.4, 0.5) is 23.5 Å². The smallest absolute Gasteiger partial charge is 0.352 e. The maximum atomic E-state index is 14.5. The van der Waals surface area contributed by atoms with Crippen LogP contribution in [-0.2, 0) is 6.18 Å². The molecule has 0 aliphatic heterocycles. The fourth-order valence-electron chi connectivity index (χ4n) is 2.69. The molecule has 3 aromatic rings. The fraction of sp³-hybridized carbons (Fsp3) is 0.250. The van der Waals surface area contributed by atoms with E-state index in [2.05, 4.69) is 25.3 Å². The largest absolute Gasteiger partial charge is 0.419 e. The van der Waals surface area contributed by atoms with Crippen molar-refractivity contribution in [2.45, 2.75) is 19.1 Å². The van der Waals surface area contributed by atoms with Crippen LogP contribution in [0.5, 0.6) is 0 Å². The second-order valence-electron chi connectivity index (χ2n) is 6.67. The monoisotopic (exact) mass is 434 g/mol. The molecule has 0 unspecified atom stereocenters. The summed E-state index contributed by atoms with van der Waals surface area (Å²) in [6.07, 6.45) is -0.280. The van der Waals surface area contributed by atoms with Crippen molar-refractivity contribution in [3.63, 3.8) is 0 Å². The summed E-state index contributed by atoms with van der Waals surface area (Å²) >= 11 is 0. The molecule has 0 aliphatic rings. The minimum atomic E-state index is -4.52. The van der Waals surface area contributed by atoms with Crippen molar-refractivity contribution < 1.29 is 22.4 Å². The Kier molecular flexibility index (Phi) is 6.42. The number of rotatable bonds is 6. The number of likely N-dealkylation sites (N-methyl/N-ethyl adjacent to an activating group) is 1. The van der Waals surface area contributed by atoms with E-state index in [4.69, 9.17) is 0 Å². The first kappa shape index (κ1) is 22.1. The molecule has 0 aliphatic carbocycles. The second kappa shape index (κ2) is 9.02. The van der Waals surface area contributed by atoms with Crippen LogP contribution in [0.3, 0.4) is 0 Å². The third-order valence-corrected chi connectivity index (χ3v) is 4.55. The van der Waals surface area contributed by atoms with Crippen LogP contribution in [0.2, 0.25) is 0 Å². The summed E-state index contributed by atoms with van der Waals surface area (Å²) in [5.41, 5.74) is -0.877. The van der Waals surface area contributed by atoms with Crippen LogP contribution in [0, 0.1) is 5.82 Å². The van der Waals surface area contributed by atoms with Gasteiger partial charge in [-0.25, -0.2) is 24.3 Å². The molecule has 0 spiro atoms. The van der Waals surface area contributed by atoms with Gasteiger partial charge in [-0.15, -0.1) is 0 Å². The summed E-state index contributed by atoms with van der Waals surface area (Å²) in [5, 5.41) is 2.79. The Morgan fingerprint density at radius 1 is 1.10 bits per heavy atom. The lowest BCUT2D eigenvalue weighted by molar-refractivity contribution is -0.138. The van der Waals surface area contributed by atoms with Crippen molar-refractivity contribution in [3.8, 4) is 11.4 Å². The Labute approximate surface area is 175 Å². The minimum absolute atomic E-state index is 0.00816. The van der Waals surface area contributed by atoms with E-state index < -0.39 is 29.5 Å². The number of nitrogens with one attached hydrogen (secondary N) is 1. The molecule has 1 amide bonds. The van der Waals surface area contributed by atoms with Crippen molar-refractivity contribution in [1.29, 1.82) is 0 Å². The molecule has 2 aromatic heterocycles. The zero-order valence-corrected chi connectivity index (χ0v) is 16.6. The summed E-state index contributed by atoms with van der Waals surface area (Å²) in [5.74, 6) is -1.02. The molecule has 11 heteroatoms. The molecule has 0 radical (unpaired) electrons. The molecule has 7 nitrogen and oxygen atoms in total. The highest BCUT2D eigenvalue weighted by atomic mass is 19.4. The number of alkyl halides is 3. The maximum Gasteiger partial charge on any atom is 0.419 e. The highest BCUT2D eigenvalue weighted by molar-refractivity contribution is 6.00. The van der Waals surface area contributed by atoms with E-state index >= 15 is 0 Å². The molecule has 0 fully saturated rings. The SMILES string of the molecule is C[C@@H](CNc1ncc(C(F)(F)F)cn1)N(C)C(=O)c1cccc(F)c1-c1ncccn1. The van der Waals surface area contributed by atoms with E-state index in [0.717, 1.165) is 0 Å². The number of hydrogen-bond donors (Lipinski definition) is 1. The molecule has 1 aromatic carbocycles. The van der Waals surface area contributed by atoms with Crippen LogP contribution >= 0.6 is 0 Å². The molecule has 3 rings (SSSR count). The third-order valence-electron chi connectivity index (χ3n) is 4.55. The molecule has 1 atom stereocenters.